The van der Waals surface area contributed by atoms with Gasteiger partial charge in [-0.15, -0.1) is 0 Å². The van der Waals surface area contributed by atoms with Gasteiger partial charge in [0.05, 0.1) is 0 Å². The number of rotatable bonds is 6. The Morgan fingerprint density at radius 3 is 2.92 bits per heavy atom. The van der Waals surface area contributed by atoms with Crippen molar-refractivity contribution in [2.24, 2.45) is 5.73 Å². The highest BCUT2D eigenvalue weighted by molar-refractivity contribution is 4.77. The Labute approximate surface area is 81.7 Å². The maximum absolute atomic E-state index is 5.81. The van der Waals surface area contributed by atoms with Crippen LogP contribution >= 0.6 is 0 Å². The van der Waals surface area contributed by atoms with E-state index in [4.69, 9.17) is 5.73 Å². The number of nitrogens with two attached hydrogens (primary N) is 1. The van der Waals surface area contributed by atoms with Crippen LogP contribution < -0.4 is 11.1 Å². The van der Waals surface area contributed by atoms with Crippen molar-refractivity contribution in [1.82, 2.24) is 10.2 Å². The lowest BCUT2D eigenvalue weighted by Crippen LogP contribution is -2.33. The maximum atomic E-state index is 5.81. The van der Waals surface area contributed by atoms with Crippen molar-refractivity contribution in [3.63, 3.8) is 0 Å². The third-order valence-corrected chi connectivity index (χ3v) is 2.62. The number of nitrogens with one attached hydrogen (secondary N) is 1. The van der Waals surface area contributed by atoms with Crippen LogP contribution in [0, 0.1) is 0 Å². The number of likely N-dealkylation sites (tertiary alicyclic amines) is 1. The lowest BCUT2D eigenvalue weighted by Gasteiger charge is -2.15. The molecule has 0 amide bonds. The molecule has 0 aromatic carbocycles. The molecule has 0 saturated carbocycles. The lowest BCUT2D eigenvalue weighted by atomic mass is 10.3. The van der Waals surface area contributed by atoms with Gasteiger partial charge in [0.25, 0.3) is 0 Å². The molecular formula is C10H23N3. The van der Waals surface area contributed by atoms with Crippen LogP contribution in [0.4, 0.5) is 0 Å². The number of nitrogens with zero attached hydrogens (tertiary/aromatic N) is 1. The molecular weight excluding hydrogens is 162 g/mol. The molecule has 1 rings (SSSR count). The second kappa shape index (κ2) is 6.35. The van der Waals surface area contributed by atoms with Gasteiger partial charge in [0.2, 0.25) is 0 Å². The first-order valence-corrected chi connectivity index (χ1v) is 5.51. The molecule has 13 heavy (non-hydrogen) atoms. The van der Waals surface area contributed by atoms with E-state index in [9.17, 15) is 0 Å². The Kier molecular flexibility index (Phi) is 5.35. The second-order valence-corrected chi connectivity index (χ2v) is 3.95. The summed E-state index contributed by atoms with van der Waals surface area (Å²) in [5.74, 6) is 0. The predicted molar refractivity (Wildman–Crippen MR) is 56.8 cm³/mol. The smallest absolute Gasteiger partial charge is 0.0180 e. The summed E-state index contributed by atoms with van der Waals surface area (Å²) in [5.41, 5.74) is 5.81. The Morgan fingerprint density at radius 2 is 2.31 bits per heavy atom. The van der Waals surface area contributed by atoms with E-state index < -0.39 is 0 Å². The minimum absolute atomic E-state index is 0.427. The van der Waals surface area contributed by atoms with Crippen LogP contribution in [0.25, 0.3) is 0 Å². The SMILES string of the molecule is CCCCNCCN1CC[C@H](N)C1. The molecule has 0 unspecified atom stereocenters. The molecule has 1 atom stereocenters. The number of hydrogen-bond acceptors (Lipinski definition) is 3. The molecule has 3 heteroatoms. The molecule has 1 aliphatic rings. The highest BCUT2D eigenvalue weighted by Crippen LogP contribution is 2.04. The summed E-state index contributed by atoms with van der Waals surface area (Å²) in [7, 11) is 0. The predicted octanol–water partition coefficient (Wildman–Crippen LogP) is 0.409. The molecule has 1 heterocycles. The number of unbranched alkanes of at least 4 members (excludes halogenated alkanes) is 1. The average Bonchev–Trinajstić information content (AvgIpc) is 2.51. The topological polar surface area (TPSA) is 41.3 Å². The van der Waals surface area contributed by atoms with E-state index in [0.717, 1.165) is 26.2 Å². The highest BCUT2D eigenvalue weighted by atomic mass is 15.2. The van der Waals surface area contributed by atoms with Gasteiger partial charge in [0.15, 0.2) is 0 Å². The first kappa shape index (κ1) is 11.0. The molecule has 3 N–H and O–H groups in total. The summed E-state index contributed by atoms with van der Waals surface area (Å²) in [6.45, 7) is 7.95. The zero-order chi connectivity index (χ0) is 9.52. The third-order valence-electron chi connectivity index (χ3n) is 2.62. The molecule has 1 saturated heterocycles. The largest absolute Gasteiger partial charge is 0.326 e. The Morgan fingerprint density at radius 1 is 1.46 bits per heavy atom. The molecule has 0 aromatic rings. The fourth-order valence-electron chi connectivity index (χ4n) is 1.73. The minimum Gasteiger partial charge on any atom is -0.326 e. The number of hydrogen-bond donors (Lipinski definition) is 2. The van der Waals surface area contributed by atoms with Gasteiger partial charge in [-0.3, -0.25) is 0 Å². The average molecular weight is 185 g/mol. The van der Waals surface area contributed by atoms with Crippen molar-refractivity contribution in [3.8, 4) is 0 Å². The molecule has 0 bridgehead atoms. The Bertz CT molecular complexity index is 127. The van der Waals surface area contributed by atoms with Crippen LogP contribution in [-0.2, 0) is 0 Å². The van der Waals surface area contributed by atoms with Crippen molar-refractivity contribution in [3.05, 3.63) is 0 Å². The van der Waals surface area contributed by atoms with Crippen LogP contribution in [0.2, 0.25) is 0 Å². The fourth-order valence-corrected chi connectivity index (χ4v) is 1.73. The zero-order valence-corrected chi connectivity index (χ0v) is 8.76. The van der Waals surface area contributed by atoms with Crippen molar-refractivity contribution in [1.29, 1.82) is 0 Å². The van der Waals surface area contributed by atoms with Crippen LogP contribution in [0.1, 0.15) is 26.2 Å². The molecule has 78 valence electrons. The van der Waals surface area contributed by atoms with Crippen molar-refractivity contribution >= 4 is 0 Å². The second-order valence-electron chi connectivity index (χ2n) is 3.95. The lowest BCUT2D eigenvalue weighted by molar-refractivity contribution is 0.331. The zero-order valence-electron chi connectivity index (χ0n) is 8.76. The van der Waals surface area contributed by atoms with Gasteiger partial charge in [-0.05, 0) is 25.9 Å². The van der Waals surface area contributed by atoms with E-state index in [1.807, 2.05) is 0 Å². The summed E-state index contributed by atoms with van der Waals surface area (Å²) >= 11 is 0. The minimum atomic E-state index is 0.427. The summed E-state index contributed by atoms with van der Waals surface area (Å²) in [5, 5.41) is 3.45. The van der Waals surface area contributed by atoms with Crippen LogP contribution in [0.5, 0.6) is 0 Å². The van der Waals surface area contributed by atoms with Gasteiger partial charge in [-0.2, -0.15) is 0 Å². The van der Waals surface area contributed by atoms with Crippen LogP contribution in [-0.4, -0.2) is 43.7 Å². The summed E-state index contributed by atoms with van der Waals surface area (Å²) < 4.78 is 0. The first-order valence-electron chi connectivity index (χ1n) is 5.51. The van der Waals surface area contributed by atoms with Gasteiger partial charge >= 0.3 is 0 Å². The summed E-state index contributed by atoms with van der Waals surface area (Å²) in [6.07, 6.45) is 3.75. The summed E-state index contributed by atoms with van der Waals surface area (Å²) in [4.78, 5) is 2.45. The summed E-state index contributed by atoms with van der Waals surface area (Å²) in [6, 6.07) is 0.427. The van der Waals surface area contributed by atoms with Crippen molar-refractivity contribution in [2.75, 3.05) is 32.7 Å². The van der Waals surface area contributed by atoms with E-state index in [-0.39, 0.29) is 0 Å². The normalized spacial score (nSPS) is 24.0. The molecule has 3 nitrogen and oxygen atoms in total. The molecule has 0 spiro atoms. The molecule has 0 aromatic heterocycles. The monoisotopic (exact) mass is 185 g/mol. The molecule has 0 aliphatic carbocycles. The van der Waals surface area contributed by atoms with Gasteiger partial charge in [-0.25, -0.2) is 0 Å². The first-order chi connectivity index (χ1) is 6.33. The van der Waals surface area contributed by atoms with E-state index in [2.05, 4.69) is 17.1 Å². The molecule has 0 radical (unpaired) electrons. The molecule has 1 aliphatic heterocycles. The van der Waals surface area contributed by atoms with Crippen molar-refractivity contribution in [2.45, 2.75) is 32.2 Å². The van der Waals surface area contributed by atoms with Gasteiger partial charge in [0.1, 0.15) is 0 Å². The fraction of sp³-hybridized carbons (Fsp3) is 1.00. The van der Waals surface area contributed by atoms with E-state index in [1.54, 1.807) is 0 Å². The van der Waals surface area contributed by atoms with E-state index >= 15 is 0 Å². The third kappa shape index (κ3) is 4.60. The van der Waals surface area contributed by atoms with Gasteiger partial charge in [0, 0.05) is 25.7 Å². The van der Waals surface area contributed by atoms with Gasteiger partial charge < -0.3 is 16.0 Å². The maximum Gasteiger partial charge on any atom is 0.0180 e. The standard InChI is InChI=1S/C10H23N3/c1-2-3-5-12-6-8-13-7-4-10(11)9-13/h10,12H,2-9,11H2,1H3/t10-/m0/s1. The Balaban J connectivity index is 1.88. The van der Waals surface area contributed by atoms with E-state index in [1.165, 1.54) is 25.8 Å². The molecule has 1 fully saturated rings. The quantitative estimate of drug-likeness (QED) is 0.589. The highest BCUT2D eigenvalue weighted by Gasteiger charge is 2.17. The van der Waals surface area contributed by atoms with Crippen molar-refractivity contribution < 1.29 is 0 Å². The Hall–Kier alpha value is -0.120. The van der Waals surface area contributed by atoms with Gasteiger partial charge in [-0.1, -0.05) is 13.3 Å². The van der Waals surface area contributed by atoms with Crippen LogP contribution in [0.3, 0.4) is 0 Å². The van der Waals surface area contributed by atoms with E-state index in [0.29, 0.717) is 6.04 Å². The van der Waals surface area contributed by atoms with Crippen LogP contribution in [0.15, 0.2) is 0 Å².